The summed E-state index contributed by atoms with van der Waals surface area (Å²) < 4.78 is 18.7. The Hall–Kier alpha value is -1.82. The first-order valence-corrected chi connectivity index (χ1v) is 6.29. The Morgan fingerprint density at radius 3 is 2.55 bits per heavy atom. The predicted molar refractivity (Wildman–Crippen MR) is 78.0 cm³/mol. The van der Waals surface area contributed by atoms with E-state index in [1.165, 1.54) is 19.2 Å². The molecule has 1 unspecified atom stereocenters. The van der Waals surface area contributed by atoms with Gasteiger partial charge < -0.3 is 10.5 Å². The van der Waals surface area contributed by atoms with Crippen LogP contribution in [0.3, 0.4) is 0 Å². The standard InChI is InChI=1S/C14H15ClFN3O/c1-20-13-5-3-9(16)7-11(13)14(19-18)10-4-2-8(15)6-12(10)17/h2-7,14,19H,17-18H2,1H3. The van der Waals surface area contributed by atoms with Gasteiger partial charge in [-0.3, -0.25) is 5.84 Å². The lowest BCUT2D eigenvalue weighted by atomic mass is 9.97. The summed E-state index contributed by atoms with van der Waals surface area (Å²) in [5, 5.41) is 0.522. The molecule has 0 aliphatic carbocycles. The lowest BCUT2D eigenvalue weighted by molar-refractivity contribution is 0.402. The predicted octanol–water partition coefficient (Wildman–Crippen LogP) is 2.62. The number of nitrogens with one attached hydrogen (secondary N) is 1. The first kappa shape index (κ1) is 14.6. The normalized spacial score (nSPS) is 12.2. The lowest BCUT2D eigenvalue weighted by Crippen LogP contribution is -2.29. The molecule has 2 rings (SSSR count). The van der Waals surface area contributed by atoms with Gasteiger partial charge in [0, 0.05) is 16.3 Å². The number of nitrogens with two attached hydrogens (primary N) is 2. The lowest BCUT2D eigenvalue weighted by Gasteiger charge is -2.21. The molecule has 0 amide bonds. The molecule has 6 heteroatoms. The van der Waals surface area contributed by atoms with Crippen molar-refractivity contribution in [3.05, 3.63) is 58.4 Å². The number of ether oxygens (including phenoxy) is 1. The molecule has 0 aliphatic heterocycles. The molecular formula is C14H15ClFN3O. The van der Waals surface area contributed by atoms with E-state index in [1.54, 1.807) is 24.3 Å². The third-order valence-corrected chi connectivity index (χ3v) is 3.26. The van der Waals surface area contributed by atoms with Gasteiger partial charge in [0.1, 0.15) is 11.6 Å². The Balaban J connectivity index is 2.54. The Kier molecular flexibility index (Phi) is 4.44. The van der Waals surface area contributed by atoms with Crippen LogP contribution in [0.4, 0.5) is 10.1 Å². The molecule has 0 saturated heterocycles. The Morgan fingerprint density at radius 1 is 1.20 bits per heavy atom. The zero-order valence-electron chi connectivity index (χ0n) is 10.9. The van der Waals surface area contributed by atoms with Gasteiger partial charge in [0.15, 0.2) is 0 Å². The van der Waals surface area contributed by atoms with Gasteiger partial charge in [-0.25, -0.2) is 9.82 Å². The molecule has 0 fully saturated rings. The maximum absolute atomic E-state index is 13.5. The zero-order chi connectivity index (χ0) is 14.7. The smallest absolute Gasteiger partial charge is 0.124 e. The first-order chi connectivity index (χ1) is 9.56. The number of anilines is 1. The van der Waals surface area contributed by atoms with Gasteiger partial charge in [0.2, 0.25) is 0 Å². The molecule has 0 radical (unpaired) electrons. The highest BCUT2D eigenvalue weighted by molar-refractivity contribution is 6.30. The van der Waals surface area contributed by atoms with Crippen molar-refractivity contribution in [1.82, 2.24) is 5.43 Å². The SMILES string of the molecule is COc1ccc(F)cc1C(NN)c1ccc(Cl)cc1N. The molecule has 0 aromatic heterocycles. The van der Waals surface area contributed by atoms with Crippen LogP contribution in [0.5, 0.6) is 5.75 Å². The number of halogens is 2. The van der Waals surface area contributed by atoms with Crippen molar-refractivity contribution in [1.29, 1.82) is 0 Å². The number of hydrogen-bond donors (Lipinski definition) is 3. The van der Waals surface area contributed by atoms with E-state index < -0.39 is 6.04 Å². The highest BCUT2D eigenvalue weighted by atomic mass is 35.5. The summed E-state index contributed by atoms with van der Waals surface area (Å²) in [4.78, 5) is 0. The molecular weight excluding hydrogens is 281 g/mol. The second kappa shape index (κ2) is 6.09. The van der Waals surface area contributed by atoms with E-state index in [1.807, 2.05) is 0 Å². The number of nitrogen functional groups attached to an aromatic ring is 1. The van der Waals surface area contributed by atoms with Crippen LogP contribution in [0.2, 0.25) is 5.02 Å². The van der Waals surface area contributed by atoms with E-state index >= 15 is 0 Å². The highest BCUT2D eigenvalue weighted by Gasteiger charge is 2.20. The molecule has 0 bridgehead atoms. The van der Waals surface area contributed by atoms with Crippen molar-refractivity contribution < 1.29 is 9.13 Å². The Bertz CT molecular complexity index is 621. The highest BCUT2D eigenvalue weighted by Crippen LogP contribution is 2.33. The van der Waals surface area contributed by atoms with E-state index in [9.17, 15) is 4.39 Å². The number of hydrazine groups is 1. The zero-order valence-corrected chi connectivity index (χ0v) is 11.6. The van der Waals surface area contributed by atoms with Crippen LogP contribution in [-0.4, -0.2) is 7.11 Å². The van der Waals surface area contributed by atoms with Crippen LogP contribution in [0.1, 0.15) is 17.2 Å². The average molecular weight is 296 g/mol. The molecule has 0 aliphatic rings. The quantitative estimate of drug-likeness (QED) is 0.460. The molecule has 0 saturated carbocycles. The molecule has 2 aromatic carbocycles. The third kappa shape index (κ3) is 2.85. The number of hydrogen-bond acceptors (Lipinski definition) is 4. The topological polar surface area (TPSA) is 73.3 Å². The van der Waals surface area contributed by atoms with Crippen molar-refractivity contribution in [2.75, 3.05) is 12.8 Å². The minimum Gasteiger partial charge on any atom is -0.496 e. The summed E-state index contributed by atoms with van der Waals surface area (Å²) in [6.45, 7) is 0. The average Bonchev–Trinajstić information content (AvgIpc) is 2.42. The fraction of sp³-hybridized carbons (Fsp3) is 0.143. The summed E-state index contributed by atoms with van der Waals surface area (Å²) >= 11 is 5.88. The second-order valence-corrected chi connectivity index (χ2v) is 4.70. The van der Waals surface area contributed by atoms with Crippen molar-refractivity contribution in [3.8, 4) is 5.75 Å². The van der Waals surface area contributed by atoms with Gasteiger partial charge in [-0.15, -0.1) is 0 Å². The molecule has 0 spiro atoms. The van der Waals surface area contributed by atoms with E-state index in [-0.39, 0.29) is 5.82 Å². The summed E-state index contributed by atoms with van der Waals surface area (Å²) in [5.74, 6) is 5.74. The van der Waals surface area contributed by atoms with Gasteiger partial charge in [0.25, 0.3) is 0 Å². The van der Waals surface area contributed by atoms with Gasteiger partial charge in [-0.05, 0) is 35.9 Å². The summed E-state index contributed by atoms with van der Waals surface area (Å²) in [7, 11) is 1.51. The minimum absolute atomic E-state index is 0.381. The Morgan fingerprint density at radius 2 is 1.95 bits per heavy atom. The first-order valence-electron chi connectivity index (χ1n) is 5.91. The largest absolute Gasteiger partial charge is 0.496 e. The van der Waals surface area contributed by atoms with Crippen LogP contribution in [0.15, 0.2) is 36.4 Å². The Labute approximate surface area is 121 Å². The molecule has 106 valence electrons. The van der Waals surface area contributed by atoms with Crippen LogP contribution in [0.25, 0.3) is 0 Å². The maximum Gasteiger partial charge on any atom is 0.124 e. The number of benzene rings is 2. The fourth-order valence-electron chi connectivity index (χ4n) is 2.09. The third-order valence-electron chi connectivity index (χ3n) is 3.03. The number of methoxy groups -OCH3 is 1. The second-order valence-electron chi connectivity index (χ2n) is 4.26. The van der Waals surface area contributed by atoms with E-state index in [0.29, 0.717) is 27.6 Å². The molecule has 0 heterocycles. The van der Waals surface area contributed by atoms with Crippen LogP contribution in [0, 0.1) is 5.82 Å². The van der Waals surface area contributed by atoms with Crippen LogP contribution < -0.4 is 21.7 Å². The summed E-state index contributed by atoms with van der Waals surface area (Å²) in [6, 6.07) is 8.78. The summed E-state index contributed by atoms with van der Waals surface area (Å²) in [5.41, 5.74) is 10.3. The molecule has 1 atom stereocenters. The van der Waals surface area contributed by atoms with Gasteiger partial charge in [-0.2, -0.15) is 0 Å². The fourth-order valence-corrected chi connectivity index (χ4v) is 2.27. The van der Waals surface area contributed by atoms with E-state index in [0.717, 1.165) is 0 Å². The molecule has 5 N–H and O–H groups in total. The van der Waals surface area contributed by atoms with Gasteiger partial charge in [0.05, 0.1) is 13.2 Å². The van der Waals surface area contributed by atoms with Gasteiger partial charge in [-0.1, -0.05) is 17.7 Å². The van der Waals surface area contributed by atoms with Gasteiger partial charge >= 0.3 is 0 Å². The van der Waals surface area contributed by atoms with E-state index in [2.05, 4.69) is 5.43 Å². The van der Waals surface area contributed by atoms with Crippen molar-refractivity contribution in [2.45, 2.75) is 6.04 Å². The molecule has 2 aromatic rings. The van der Waals surface area contributed by atoms with Crippen molar-refractivity contribution in [3.63, 3.8) is 0 Å². The maximum atomic E-state index is 13.5. The monoisotopic (exact) mass is 295 g/mol. The van der Waals surface area contributed by atoms with Crippen LogP contribution >= 0.6 is 11.6 Å². The minimum atomic E-state index is -0.502. The summed E-state index contributed by atoms with van der Waals surface area (Å²) in [6.07, 6.45) is 0. The van der Waals surface area contributed by atoms with Crippen molar-refractivity contribution >= 4 is 17.3 Å². The molecule has 20 heavy (non-hydrogen) atoms. The van der Waals surface area contributed by atoms with E-state index in [4.69, 9.17) is 27.9 Å². The van der Waals surface area contributed by atoms with Crippen molar-refractivity contribution in [2.24, 2.45) is 5.84 Å². The van der Waals surface area contributed by atoms with Crippen LogP contribution in [-0.2, 0) is 0 Å². The number of rotatable bonds is 4. The molecule has 4 nitrogen and oxygen atoms in total.